The molecule has 0 unspecified atom stereocenters. The smallest absolute Gasteiger partial charge is 0.268 e. The van der Waals surface area contributed by atoms with Crippen LogP contribution in [0.15, 0.2) is 47.4 Å². The molecule has 2 amide bonds. The van der Waals surface area contributed by atoms with E-state index in [1.807, 2.05) is 0 Å². The Morgan fingerprint density at radius 2 is 1.88 bits per heavy atom. The summed E-state index contributed by atoms with van der Waals surface area (Å²) in [5.74, 6) is -1.52. The molecule has 0 bridgehead atoms. The van der Waals surface area contributed by atoms with E-state index in [0.29, 0.717) is 5.56 Å². The van der Waals surface area contributed by atoms with Gasteiger partial charge < -0.3 is 0 Å². The summed E-state index contributed by atoms with van der Waals surface area (Å²) >= 11 is 6.66. The number of amides is 2. The number of carbonyl (C=O) groups is 2. The second kappa shape index (κ2) is 6.75. The van der Waals surface area contributed by atoms with Gasteiger partial charge in [0.25, 0.3) is 11.1 Å². The van der Waals surface area contributed by atoms with Crippen LogP contribution in [0.4, 0.5) is 13.6 Å². The van der Waals surface area contributed by atoms with E-state index in [0.717, 1.165) is 22.7 Å². The summed E-state index contributed by atoms with van der Waals surface area (Å²) in [5.41, 5.74) is 0.676. The first kappa shape index (κ1) is 16.7. The fourth-order valence-electron chi connectivity index (χ4n) is 2.19. The lowest BCUT2D eigenvalue weighted by atomic mass is 10.2. The van der Waals surface area contributed by atoms with Gasteiger partial charge in [-0.05, 0) is 41.6 Å². The summed E-state index contributed by atoms with van der Waals surface area (Å²) in [4.78, 5) is 25.6. The molecule has 0 atom stereocenters. The molecule has 0 spiro atoms. The molecule has 0 aromatic heterocycles. The molecule has 3 nitrogen and oxygen atoms in total. The van der Waals surface area contributed by atoms with E-state index in [2.05, 4.69) is 0 Å². The average molecular weight is 366 g/mol. The van der Waals surface area contributed by atoms with Crippen LogP contribution in [0.5, 0.6) is 0 Å². The molecule has 2 aromatic carbocycles. The number of carbonyl (C=O) groups excluding carboxylic acids is 2. The van der Waals surface area contributed by atoms with E-state index in [9.17, 15) is 18.4 Å². The molecule has 0 N–H and O–H groups in total. The third-order valence-electron chi connectivity index (χ3n) is 3.41. The van der Waals surface area contributed by atoms with Gasteiger partial charge in [-0.3, -0.25) is 14.5 Å². The maximum atomic E-state index is 13.7. The van der Waals surface area contributed by atoms with Gasteiger partial charge in [0, 0.05) is 10.6 Å². The second-order valence-corrected chi connectivity index (χ2v) is 6.43. The van der Waals surface area contributed by atoms with Crippen LogP contribution >= 0.6 is 23.4 Å². The van der Waals surface area contributed by atoms with Crippen molar-refractivity contribution in [3.8, 4) is 0 Å². The van der Waals surface area contributed by atoms with Crippen molar-refractivity contribution in [3.05, 3.63) is 75.2 Å². The number of nitrogens with zero attached hydrogens (tertiary/aromatic N) is 1. The highest BCUT2D eigenvalue weighted by molar-refractivity contribution is 8.18. The SMILES string of the molecule is O=C1S/C(=C\c2ccccc2F)C(=O)N1Cc1ccc(F)cc1Cl. The number of imide groups is 1. The van der Waals surface area contributed by atoms with Gasteiger partial charge >= 0.3 is 0 Å². The predicted octanol–water partition coefficient (Wildman–Crippen LogP) is 4.85. The molecule has 1 heterocycles. The summed E-state index contributed by atoms with van der Waals surface area (Å²) in [5, 5.41) is -0.352. The van der Waals surface area contributed by atoms with Crippen LogP contribution in [0.3, 0.4) is 0 Å². The first-order valence-electron chi connectivity index (χ1n) is 6.89. The van der Waals surface area contributed by atoms with Crippen molar-refractivity contribution in [1.82, 2.24) is 4.90 Å². The quantitative estimate of drug-likeness (QED) is 0.729. The van der Waals surface area contributed by atoms with Crippen LogP contribution in [0.2, 0.25) is 5.02 Å². The van der Waals surface area contributed by atoms with Gasteiger partial charge in [-0.25, -0.2) is 8.78 Å². The molecule has 24 heavy (non-hydrogen) atoms. The van der Waals surface area contributed by atoms with E-state index < -0.39 is 22.8 Å². The van der Waals surface area contributed by atoms with E-state index in [1.165, 1.54) is 36.4 Å². The maximum Gasteiger partial charge on any atom is 0.293 e. The van der Waals surface area contributed by atoms with Crippen molar-refractivity contribution < 1.29 is 18.4 Å². The average Bonchev–Trinajstić information content (AvgIpc) is 2.79. The molecular weight excluding hydrogens is 356 g/mol. The van der Waals surface area contributed by atoms with Crippen molar-refractivity contribution in [2.75, 3.05) is 0 Å². The fourth-order valence-corrected chi connectivity index (χ4v) is 3.25. The summed E-state index contributed by atoms with van der Waals surface area (Å²) in [6.45, 7) is -0.0710. The highest BCUT2D eigenvalue weighted by Crippen LogP contribution is 2.34. The van der Waals surface area contributed by atoms with Gasteiger partial charge in [0.05, 0.1) is 11.4 Å². The van der Waals surface area contributed by atoms with E-state index in [-0.39, 0.29) is 22.0 Å². The number of thioether (sulfide) groups is 1. The Labute approximate surface area is 145 Å². The van der Waals surface area contributed by atoms with Gasteiger partial charge in [0.15, 0.2) is 0 Å². The van der Waals surface area contributed by atoms with E-state index in [1.54, 1.807) is 6.07 Å². The zero-order chi connectivity index (χ0) is 17.3. The van der Waals surface area contributed by atoms with Crippen molar-refractivity contribution in [2.24, 2.45) is 0 Å². The molecule has 1 aliphatic rings. The van der Waals surface area contributed by atoms with E-state index >= 15 is 0 Å². The molecule has 2 aromatic rings. The molecule has 1 fully saturated rings. The lowest BCUT2D eigenvalue weighted by Gasteiger charge is -2.13. The molecule has 0 radical (unpaired) electrons. The standard InChI is InChI=1S/C17H10ClF2NO2S/c18-13-8-12(19)6-5-11(13)9-21-16(22)15(24-17(21)23)7-10-3-1-2-4-14(10)20/h1-8H,9H2/b15-7-. The first-order valence-corrected chi connectivity index (χ1v) is 8.09. The van der Waals surface area contributed by atoms with Gasteiger partial charge in [-0.1, -0.05) is 35.9 Å². The first-order chi connectivity index (χ1) is 11.5. The Kier molecular flexibility index (Phi) is 4.69. The van der Waals surface area contributed by atoms with Gasteiger partial charge in [-0.15, -0.1) is 0 Å². The number of hydrogen-bond donors (Lipinski definition) is 0. The van der Waals surface area contributed by atoms with Crippen molar-refractivity contribution >= 4 is 40.6 Å². The Morgan fingerprint density at radius 3 is 2.58 bits per heavy atom. The molecule has 0 aliphatic carbocycles. The fraction of sp³-hybridized carbons (Fsp3) is 0.0588. The Balaban J connectivity index is 1.85. The molecule has 3 rings (SSSR count). The van der Waals surface area contributed by atoms with Crippen LogP contribution in [0, 0.1) is 11.6 Å². The molecule has 7 heteroatoms. The molecule has 0 saturated carbocycles. The molecular formula is C17H10ClF2NO2S. The largest absolute Gasteiger partial charge is 0.293 e. The van der Waals surface area contributed by atoms with Crippen LogP contribution in [-0.4, -0.2) is 16.0 Å². The normalized spacial score (nSPS) is 16.3. The van der Waals surface area contributed by atoms with Crippen LogP contribution < -0.4 is 0 Å². The summed E-state index contributed by atoms with van der Waals surface area (Å²) in [7, 11) is 0. The zero-order valence-corrected chi connectivity index (χ0v) is 13.7. The second-order valence-electron chi connectivity index (χ2n) is 5.03. The van der Waals surface area contributed by atoms with Crippen molar-refractivity contribution in [1.29, 1.82) is 0 Å². The minimum absolute atomic E-state index is 0.0710. The lowest BCUT2D eigenvalue weighted by Crippen LogP contribution is -2.27. The molecule has 1 aliphatic heterocycles. The maximum absolute atomic E-state index is 13.7. The van der Waals surface area contributed by atoms with Crippen LogP contribution in [-0.2, 0) is 11.3 Å². The zero-order valence-electron chi connectivity index (χ0n) is 12.1. The number of halogens is 3. The highest BCUT2D eigenvalue weighted by atomic mass is 35.5. The predicted molar refractivity (Wildman–Crippen MR) is 89.3 cm³/mol. The Bertz CT molecular complexity index is 869. The van der Waals surface area contributed by atoms with Gasteiger partial charge in [-0.2, -0.15) is 0 Å². The Morgan fingerprint density at radius 1 is 1.12 bits per heavy atom. The molecule has 1 saturated heterocycles. The lowest BCUT2D eigenvalue weighted by molar-refractivity contribution is -0.123. The molecule has 122 valence electrons. The summed E-state index contributed by atoms with van der Waals surface area (Å²) < 4.78 is 26.8. The highest BCUT2D eigenvalue weighted by Gasteiger charge is 2.35. The Hall–Kier alpha value is -2.18. The van der Waals surface area contributed by atoms with Crippen LogP contribution in [0.25, 0.3) is 6.08 Å². The number of rotatable bonds is 3. The topological polar surface area (TPSA) is 37.4 Å². The number of hydrogen-bond acceptors (Lipinski definition) is 3. The van der Waals surface area contributed by atoms with E-state index in [4.69, 9.17) is 11.6 Å². The summed E-state index contributed by atoms with van der Waals surface area (Å²) in [6, 6.07) is 9.70. The van der Waals surface area contributed by atoms with Crippen LogP contribution in [0.1, 0.15) is 11.1 Å². The number of benzene rings is 2. The van der Waals surface area contributed by atoms with Crippen molar-refractivity contribution in [2.45, 2.75) is 6.54 Å². The van der Waals surface area contributed by atoms with Gasteiger partial charge in [0.2, 0.25) is 0 Å². The van der Waals surface area contributed by atoms with Gasteiger partial charge in [0.1, 0.15) is 11.6 Å². The minimum Gasteiger partial charge on any atom is -0.268 e. The summed E-state index contributed by atoms with van der Waals surface area (Å²) in [6.07, 6.45) is 1.34. The minimum atomic E-state index is -0.534. The third-order valence-corrected chi connectivity index (χ3v) is 4.67. The van der Waals surface area contributed by atoms with Crippen molar-refractivity contribution in [3.63, 3.8) is 0 Å². The monoisotopic (exact) mass is 365 g/mol. The third kappa shape index (κ3) is 3.34.